The van der Waals surface area contributed by atoms with Crippen molar-refractivity contribution in [2.45, 2.75) is 33.1 Å². The molecule has 1 atom stereocenters. The zero-order chi connectivity index (χ0) is 22.1. The lowest BCUT2D eigenvalue weighted by atomic mass is 10.0. The molecule has 2 heterocycles. The highest BCUT2D eigenvalue weighted by Crippen LogP contribution is 2.33. The fourth-order valence-corrected chi connectivity index (χ4v) is 3.98. The van der Waals surface area contributed by atoms with Crippen LogP contribution < -0.4 is 10.2 Å². The van der Waals surface area contributed by atoms with E-state index in [-0.39, 0.29) is 24.2 Å². The minimum Gasteiger partial charge on any atom is -0.334 e. The Kier molecular flexibility index (Phi) is 5.91. The second-order valence-corrected chi connectivity index (χ2v) is 8.90. The minimum atomic E-state index is -0.451. The third kappa shape index (κ3) is 4.39. The summed E-state index contributed by atoms with van der Waals surface area (Å²) < 4.78 is 6.32. The Hall–Kier alpha value is -3.00. The summed E-state index contributed by atoms with van der Waals surface area (Å²) in [6.45, 7) is 6.22. The van der Waals surface area contributed by atoms with E-state index in [0.29, 0.717) is 29.5 Å². The van der Waals surface area contributed by atoms with Gasteiger partial charge >= 0.3 is 0 Å². The first-order valence-corrected chi connectivity index (χ1v) is 10.9. The largest absolute Gasteiger partial charge is 0.334 e. The topological polar surface area (TPSA) is 88.3 Å². The Labute approximate surface area is 189 Å². The normalized spacial score (nSPS) is 16.2. The van der Waals surface area contributed by atoms with Gasteiger partial charge in [0.15, 0.2) is 5.82 Å². The van der Waals surface area contributed by atoms with Crippen LogP contribution in [-0.4, -0.2) is 28.5 Å². The molecule has 31 heavy (non-hydrogen) atoms. The summed E-state index contributed by atoms with van der Waals surface area (Å²) in [5.74, 6) is 0.384. The Bertz CT molecular complexity index is 1140. The molecule has 1 N–H and O–H groups in total. The lowest BCUT2D eigenvalue weighted by Crippen LogP contribution is -2.28. The Balaban J connectivity index is 1.56. The number of rotatable bonds is 5. The molecule has 1 aliphatic heterocycles. The molecule has 2 aromatic carbocycles. The van der Waals surface area contributed by atoms with Crippen LogP contribution in [0.25, 0.3) is 11.5 Å². The maximum absolute atomic E-state index is 13.1. The third-order valence-corrected chi connectivity index (χ3v) is 5.82. The standard InChI is InChI=1S/C23H23BrN4O3/c1-13(2)21-26-23(31-27-21)18-9-4-6-14(3)20(18)25-22(30)15-10-19(29)28(12-15)17-8-5-7-16(24)11-17/h4-9,11,13,15H,10,12H2,1-3H3,(H,25,30). The molecule has 0 spiro atoms. The molecule has 0 saturated carbocycles. The van der Waals surface area contributed by atoms with Gasteiger partial charge in [0.25, 0.3) is 5.89 Å². The highest BCUT2D eigenvalue weighted by Gasteiger charge is 2.35. The quantitative estimate of drug-likeness (QED) is 0.557. The second-order valence-electron chi connectivity index (χ2n) is 7.98. The number of benzene rings is 2. The van der Waals surface area contributed by atoms with Crippen molar-refractivity contribution in [2.75, 3.05) is 16.8 Å². The van der Waals surface area contributed by atoms with Crippen LogP contribution in [-0.2, 0) is 9.59 Å². The molecule has 1 aliphatic rings. The van der Waals surface area contributed by atoms with E-state index in [2.05, 4.69) is 31.4 Å². The van der Waals surface area contributed by atoms with Crippen LogP contribution in [0.4, 0.5) is 11.4 Å². The van der Waals surface area contributed by atoms with Crippen molar-refractivity contribution in [1.82, 2.24) is 10.1 Å². The number of amides is 2. The molecule has 2 amide bonds. The maximum Gasteiger partial charge on any atom is 0.260 e. The first-order chi connectivity index (χ1) is 14.8. The van der Waals surface area contributed by atoms with E-state index < -0.39 is 5.92 Å². The predicted octanol–water partition coefficient (Wildman–Crippen LogP) is 4.92. The van der Waals surface area contributed by atoms with E-state index in [1.54, 1.807) is 4.90 Å². The Morgan fingerprint density at radius 3 is 2.74 bits per heavy atom. The van der Waals surface area contributed by atoms with E-state index in [4.69, 9.17) is 4.52 Å². The smallest absolute Gasteiger partial charge is 0.260 e. The number of halogens is 1. The molecule has 1 saturated heterocycles. The number of nitrogens with one attached hydrogen (secondary N) is 1. The van der Waals surface area contributed by atoms with Crippen molar-refractivity contribution in [2.24, 2.45) is 5.92 Å². The van der Waals surface area contributed by atoms with Gasteiger partial charge in [-0.2, -0.15) is 4.98 Å². The van der Waals surface area contributed by atoms with Crippen LogP contribution in [0.5, 0.6) is 0 Å². The Morgan fingerprint density at radius 2 is 2.03 bits per heavy atom. The molecular formula is C23H23BrN4O3. The molecule has 160 valence electrons. The van der Waals surface area contributed by atoms with E-state index >= 15 is 0 Å². The number of nitrogens with zero attached hydrogens (tertiary/aromatic N) is 3. The molecular weight excluding hydrogens is 460 g/mol. The van der Waals surface area contributed by atoms with Gasteiger partial charge in [0.1, 0.15) is 0 Å². The minimum absolute atomic E-state index is 0.0678. The van der Waals surface area contributed by atoms with E-state index in [1.165, 1.54) is 0 Å². The van der Waals surface area contributed by atoms with Crippen molar-refractivity contribution >= 4 is 39.1 Å². The van der Waals surface area contributed by atoms with Gasteiger partial charge in [-0.25, -0.2) is 0 Å². The monoisotopic (exact) mass is 482 g/mol. The van der Waals surface area contributed by atoms with Crippen LogP contribution >= 0.6 is 15.9 Å². The second kappa shape index (κ2) is 8.63. The zero-order valence-electron chi connectivity index (χ0n) is 17.6. The summed E-state index contributed by atoms with van der Waals surface area (Å²) in [6.07, 6.45) is 0.164. The lowest BCUT2D eigenvalue weighted by Gasteiger charge is -2.18. The fraction of sp³-hybridized carbons (Fsp3) is 0.304. The average Bonchev–Trinajstić information content (AvgIpc) is 3.37. The van der Waals surface area contributed by atoms with Crippen molar-refractivity contribution < 1.29 is 14.1 Å². The van der Waals surface area contributed by atoms with Crippen LogP contribution in [0.15, 0.2) is 51.5 Å². The van der Waals surface area contributed by atoms with Crippen LogP contribution in [0.3, 0.4) is 0 Å². The van der Waals surface area contributed by atoms with Crippen molar-refractivity contribution in [3.63, 3.8) is 0 Å². The van der Waals surface area contributed by atoms with Gasteiger partial charge in [-0.1, -0.05) is 53.1 Å². The molecule has 0 radical (unpaired) electrons. The van der Waals surface area contributed by atoms with Gasteiger partial charge in [-0.15, -0.1) is 0 Å². The van der Waals surface area contributed by atoms with Gasteiger partial charge in [0, 0.05) is 29.0 Å². The van der Waals surface area contributed by atoms with Gasteiger partial charge in [0.2, 0.25) is 11.8 Å². The number of hydrogen-bond donors (Lipinski definition) is 1. The fourth-order valence-electron chi connectivity index (χ4n) is 3.59. The predicted molar refractivity (Wildman–Crippen MR) is 122 cm³/mol. The van der Waals surface area contributed by atoms with Crippen molar-refractivity contribution in [3.8, 4) is 11.5 Å². The third-order valence-electron chi connectivity index (χ3n) is 5.33. The van der Waals surface area contributed by atoms with Crippen molar-refractivity contribution in [3.05, 3.63) is 58.3 Å². The summed E-state index contributed by atoms with van der Waals surface area (Å²) in [5, 5.41) is 7.03. The van der Waals surface area contributed by atoms with Gasteiger partial charge in [0.05, 0.1) is 17.2 Å². The van der Waals surface area contributed by atoms with Gasteiger partial charge in [-0.05, 0) is 36.8 Å². The van der Waals surface area contributed by atoms with Gasteiger partial charge in [-0.3, -0.25) is 9.59 Å². The molecule has 3 aromatic rings. The van der Waals surface area contributed by atoms with Crippen molar-refractivity contribution in [1.29, 1.82) is 0 Å². The lowest BCUT2D eigenvalue weighted by molar-refractivity contribution is -0.122. The SMILES string of the molecule is Cc1cccc(-c2nc(C(C)C)no2)c1NC(=O)C1CC(=O)N(c2cccc(Br)c2)C1. The summed E-state index contributed by atoms with van der Waals surface area (Å²) >= 11 is 3.43. The maximum atomic E-state index is 13.1. The van der Waals surface area contributed by atoms with E-state index in [9.17, 15) is 9.59 Å². The highest BCUT2D eigenvalue weighted by atomic mass is 79.9. The van der Waals surface area contributed by atoms with E-state index in [0.717, 1.165) is 15.7 Å². The van der Waals surface area contributed by atoms with Crippen LogP contribution in [0.2, 0.25) is 0 Å². The molecule has 1 fully saturated rings. The van der Waals surface area contributed by atoms with E-state index in [1.807, 2.05) is 63.2 Å². The first kappa shape index (κ1) is 21.2. The first-order valence-electron chi connectivity index (χ1n) is 10.1. The van der Waals surface area contributed by atoms with Crippen LogP contribution in [0, 0.1) is 12.8 Å². The molecule has 0 bridgehead atoms. The molecule has 4 rings (SSSR count). The zero-order valence-corrected chi connectivity index (χ0v) is 19.1. The molecule has 1 unspecified atom stereocenters. The summed E-state index contributed by atoms with van der Waals surface area (Å²) in [6, 6.07) is 13.1. The van der Waals surface area contributed by atoms with Crippen LogP contribution in [0.1, 0.15) is 37.6 Å². The molecule has 7 nitrogen and oxygen atoms in total. The summed E-state index contributed by atoms with van der Waals surface area (Å²) in [7, 11) is 0. The number of para-hydroxylation sites is 1. The molecule has 8 heteroatoms. The molecule has 0 aliphatic carbocycles. The number of anilines is 2. The average molecular weight is 483 g/mol. The summed E-state index contributed by atoms with van der Waals surface area (Å²) in [5.41, 5.74) is 2.95. The number of hydrogen-bond acceptors (Lipinski definition) is 5. The molecule has 1 aromatic heterocycles. The number of aryl methyl sites for hydroxylation is 1. The van der Waals surface area contributed by atoms with Gasteiger partial charge < -0.3 is 14.7 Å². The summed E-state index contributed by atoms with van der Waals surface area (Å²) in [4.78, 5) is 31.8. The number of aromatic nitrogens is 2. The number of carbonyl (C=O) groups excluding carboxylic acids is 2. The number of carbonyl (C=O) groups is 2. The highest BCUT2D eigenvalue weighted by molar-refractivity contribution is 9.10. The Morgan fingerprint density at radius 1 is 1.26 bits per heavy atom.